The van der Waals surface area contributed by atoms with Crippen LogP contribution >= 0.6 is 0 Å². The van der Waals surface area contributed by atoms with Crippen molar-refractivity contribution in [3.8, 4) is 11.8 Å². The number of hydrogen-bond acceptors (Lipinski definition) is 4. The highest BCUT2D eigenvalue weighted by Gasteiger charge is 2.43. The summed E-state index contributed by atoms with van der Waals surface area (Å²) in [6, 6.07) is 6.67. The van der Waals surface area contributed by atoms with Crippen LogP contribution in [-0.4, -0.2) is 29.6 Å². The molecule has 2 atom stereocenters. The first-order valence-corrected chi connectivity index (χ1v) is 8.65. The topological polar surface area (TPSA) is 89.6 Å². The lowest BCUT2D eigenvalue weighted by Crippen LogP contribution is -2.19. The van der Waals surface area contributed by atoms with Crippen molar-refractivity contribution < 1.29 is 22.7 Å². The highest BCUT2D eigenvalue weighted by Crippen LogP contribution is 2.45. The van der Waals surface area contributed by atoms with Crippen molar-refractivity contribution in [3.05, 3.63) is 59.2 Å². The standard InChI is InChI=1S/C20H17F3N4O2/c1-2-3-11-4-7-16(25-10-11)18(28)26-12-5-6-15(21)13(8-12)14-9-17(14)29-20(24)27-19(22)23/h4-8,10,14,17,19H,9H2,1H3,(H2,24,27)(H,26,28)/t14-,17-/m1/s1. The lowest BCUT2D eigenvalue weighted by Gasteiger charge is -2.09. The molecule has 29 heavy (non-hydrogen) atoms. The maximum Gasteiger partial charge on any atom is 0.336 e. The molecule has 3 rings (SSSR count). The van der Waals surface area contributed by atoms with Crippen LogP contribution in [0.3, 0.4) is 0 Å². The number of rotatable bonds is 5. The zero-order chi connectivity index (χ0) is 21.0. The number of pyridine rings is 1. The van der Waals surface area contributed by atoms with Gasteiger partial charge in [-0.3, -0.25) is 4.79 Å². The first kappa shape index (κ1) is 20.2. The average molecular weight is 402 g/mol. The Hall–Kier alpha value is -3.54. The Bertz CT molecular complexity index is 997. The lowest BCUT2D eigenvalue weighted by atomic mass is 10.1. The molecular formula is C20H17F3N4O2. The van der Waals surface area contributed by atoms with Gasteiger partial charge in [0.2, 0.25) is 0 Å². The molecular weight excluding hydrogens is 385 g/mol. The number of carbonyl (C=O) groups is 1. The molecule has 0 unspecified atom stereocenters. The fourth-order valence-corrected chi connectivity index (χ4v) is 2.76. The second-order valence-corrected chi connectivity index (χ2v) is 6.24. The van der Waals surface area contributed by atoms with Crippen LogP contribution in [0.4, 0.5) is 18.9 Å². The Labute approximate surface area is 165 Å². The van der Waals surface area contributed by atoms with Crippen molar-refractivity contribution in [3.63, 3.8) is 0 Å². The zero-order valence-corrected chi connectivity index (χ0v) is 15.3. The molecule has 6 nitrogen and oxygen atoms in total. The quantitative estimate of drug-likeness (QED) is 0.348. The van der Waals surface area contributed by atoms with Gasteiger partial charge in [-0.1, -0.05) is 5.92 Å². The molecule has 0 saturated heterocycles. The Morgan fingerprint density at radius 3 is 2.83 bits per heavy atom. The maximum absolute atomic E-state index is 14.2. The molecule has 150 valence electrons. The number of nitrogens with one attached hydrogen (secondary N) is 1. The van der Waals surface area contributed by atoms with Gasteiger partial charge in [-0.15, -0.1) is 5.92 Å². The van der Waals surface area contributed by atoms with E-state index in [2.05, 4.69) is 27.1 Å². The average Bonchev–Trinajstić information content (AvgIpc) is 3.42. The van der Waals surface area contributed by atoms with E-state index in [1.54, 1.807) is 13.0 Å². The number of amidine groups is 1. The number of hydrogen-bond donors (Lipinski definition) is 2. The van der Waals surface area contributed by atoms with E-state index < -0.39 is 30.4 Å². The smallest absolute Gasteiger partial charge is 0.336 e. The number of nitrogens with two attached hydrogens (primary N) is 1. The minimum absolute atomic E-state index is 0.182. The number of aromatic nitrogens is 1. The molecule has 1 aliphatic carbocycles. The Morgan fingerprint density at radius 2 is 2.17 bits per heavy atom. The van der Waals surface area contributed by atoms with E-state index in [9.17, 15) is 18.0 Å². The molecule has 0 spiro atoms. The number of amides is 1. The van der Waals surface area contributed by atoms with Crippen molar-refractivity contribution in [2.45, 2.75) is 31.9 Å². The number of ether oxygens (including phenoxy) is 1. The molecule has 0 aliphatic heterocycles. The summed E-state index contributed by atoms with van der Waals surface area (Å²) in [6.07, 6.45) is 1.33. The molecule has 2 aromatic rings. The van der Waals surface area contributed by atoms with Gasteiger partial charge in [0.05, 0.1) is 0 Å². The van der Waals surface area contributed by atoms with Gasteiger partial charge in [0.15, 0.2) is 0 Å². The summed E-state index contributed by atoms with van der Waals surface area (Å²) in [7, 11) is 0. The lowest BCUT2D eigenvalue weighted by molar-refractivity contribution is 0.102. The van der Waals surface area contributed by atoms with Gasteiger partial charge in [0.1, 0.15) is 17.6 Å². The van der Waals surface area contributed by atoms with Gasteiger partial charge < -0.3 is 15.8 Å². The van der Waals surface area contributed by atoms with E-state index in [1.807, 2.05) is 0 Å². The van der Waals surface area contributed by atoms with Crippen LogP contribution in [0.15, 0.2) is 41.5 Å². The second kappa shape index (κ2) is 8.65. The maximum atomic E-state index is 14.2. The third-order valence-electron chi connectivity index (χ3n) is 4.15. The van der Waals surface area contributed by atoms with Gasteiger partial charge in [-0.05, 0) is 49.2 Å². The van der Waals surface area contributed by atoms with E-state index in [-0.39, 0.29) is 11.6 Å². The highest BCUT2D eigenvalue weighted by atomic mass is 19.3. The zero-order valence-electron chi connectivity index (χ0n) is 15.3. The van der Waals surface area contributed by atoms with E-state index in [1.165, 1.54) is 30.5 Å². The molecule has 1 amide bonds. The monoisotopic (exact) mass is 402 g/mol. The van der Waals surface area contributed by atoms with Crippen LogP contribution in [0, 0.1) is 17.7 Å². The highest BCUT2D eigenvalue weighted by molar-refractivity contribution is 6.02. The third-order valence-corrected chi connectivity index (χ3v) is 4.15. The number of benzene rings is 1. The number of halogens is 3. The molecule has 0 radical (unpaired) electrons. The van der Waals surface area contributed by atoms with Crippen LogP contribution in [0.1, 0.15) is 40.9 Å². The minimum Gasteiger partial charge on any atom is -0.461 e. The molecule has 1 heterocycles. The Morgan fingerprint density at radius 1 is 1.38 bits per heavy atom. The van der Waals surface area contributed by atoms with Gasteiger partial charge in [-0.2, -0.15) is 13.8 Å². The first-order valence-electron chi connectivity index (χ1n) is 8.65. The predicted octanol–water partition coefficient (Wildman–Crippen LogP) is 3.25. The van der Waals surface area contributed by atoms with Gasteiger partial charge in [-0.25, -0.2) is 9.37 Å². The number of nitrogens with zero attached hydrogens (tertiary/aromatic N) is 2. The van der Waals surface area contributed by atoms with Gasteiger partial charge >= 0.3 is 6.55 Å². The summed E-state index contributed by atoms with van der Waals surface area (Å²) < 4.78 is 43.6. The van der Waals surface area contributed by atoms with E-state index in [4.69, 9.17) is 10.5 Å². The van der Waals surface area contributed by atoms with Crippen molar-refractivity contribution >= 4 is 17.6 Å². The molecule has 9 heteroatoms. The number of alkyl halides is 2. The van der Waals surface area contributed by atoms with Crippen LogP contribution in [0.2, 0.25) is 0 Å². The predicted molar refractivity (Wildman–Crippen MR) is 101 cm³/mol. The normalized spacial score (nSPS) is 18.0. The summed E-state index contributed by atoms with van der Waals surface area (Å²) in [5, 5.41) is 2.65. The fourth-order valence-electron chi connectivity index (χ4n) is 2.76. The summed E-state index contributed by atoms with van der Waals surface area (Å²) in [5.74, 6) is 4.23. The summed E-state index contributed by atoms with van der Waals surface area (Å²) in [4.78, 5) is 19.2. The molecule has 1 saturated carbocycles. The molecule has 1 aliphatic rings. The molecule has 1 aromatic heterocycles. The van der Waals surface area contributed by atoms with E-state index >= 15 is 0 Å². The van der Waals surface area contributed by atoms with Crippen molar-refractivity contribution in [1.82, 2.24) is 4.98 Å². The summed E-state index contributed by atoms with van der Waals surface area (Å²) >= 11 is 0. The Kier molecular flexibility index (Phi) is 6.02. The number of anilines is 1. The minimum atomic E-state index is -2.97. The van der Waals surface area contributed by atoms with Crippen LogP contribution in [0.25, 0.3) is 0 Å². The molecule has 3 N–H and O–H groups in total. The largest absolute Gasteiger partial charge is 0.461 e. The summed E-state index contributed by atoms with van der Waals surface area (Å²) in [5.41, 5.74) is 6.79. The number of carbonyl (C=O) groups excluding carboxylic acids is 1. The van der Waals surface area contributed by atoms with Gasteiger partial charge in [0, 0.05) is 23.4 Å². The molecule has 1 aromatic carbocycles. The SMILES string of the molecule is CC#Cc1ccc(C(=O)Nc2ccc(F)c([C@H]3C[C@H]3O/C(N)=N\C(F)F)c2)nc1. The van der Waals surface area contributed by atoms with E-state index in [0.717, 1.165) is 0 Å². The van der Waals surface area contributed by atoms with Crippen molar-refractivity contribution in [2.24, 2.45) is 10.7 Å². The van der Waals surface area contributed by atoms with Crippen LogP contribution < -0.4 is 11.1 Å². The summed E-state index contributed by atoms with van der Waals surface area (Å²) in [6.45, 7) is -1.28. The fraction of sp³-hybridized carbons (Fsp3) is 0.250. The number of aliphatic imine (C=N–C) groups is 1. The van der Waals surface area contributed by atoms with Crippen molar-refractivity contribution in [1.29, 1.82) is 0 Å². The Balaban J connectivity index is 1.68. The van der Waals surface area contributed by atoms with Crippen molar-refractivity contribution in [2.75, 3.05) is 5.32 Å². The third kappa shape index (κ3) is 5.25. The van der Waals surface area contributed by atoms with Gasteiger partial charge in [0.25, 0.3) is 11.9 Å². The first-order chi connectivity index (χ1) is 13.9. The van der Waals surface area contributed by atoms with Crippen LogP contribution in [0.5, 0.6) is 0 Å². The van der Waals surface area contributed by atoms with Crippen LogP contribution in [-0.2, 0) is 4.74 Å². The molecule has 1 fully saturated rings. The second-order valence-electron chi connectivity index (χ2n) is 6.24. The van der Waals surface area contributed by atoms with E-state index in [0.29, 0.717) is 23.2 Å². The molecule has 0 bridgehead atoms.